The van der Waals surface area contributed by atoms with Gasteiger partial charge in [0.05, 0.1) is 0 Å². The number of allylic oxidation sites excluding steroid dienone is 4. The van der Waals surface area contributed by atoms with Crippen molar-refractivity contribution in [1.82, 2.24) is 0 Å². The van der Waals surface area contributed by atoms with E-state index in [-0.39, 0.29) is 0 Å². The molecule has 56 valence electrons. The molecule has 0 nitrogen and oxygen atoms in total. The molecule has 0 radical (unpaired) electrons. The van der Waals surface area contributed by atoms with E-state index in [2.05, 4.69) is 25.2 Å². The summed E-state index contributed by atoms with van der Waals surface area (Å²) in [5, 5.41) is 0. The lowest BCUT2D eigenvalue weighted by molar-refractivity contribution is 0.606. The standard InChI is InChI=1S/C9H13Cl/c1-8-3-2-4-9(7-10)6-5-8/h2,4,6,8H,3,5,7H2,1H3/t8-/m1/s1. The summed E-state index contributed by atoms with van der Waals surface area (Å²) in [6.07, 6.45) is 8.95. The van der Waals surface area contributed by atoms with Gasteiger partial charge in [-0.2, -0.15) is 0 Å². The maximum atomic E-state index is 5.68. The van der Waals surface area contributed by atoms with Crippen LogP contribution in [0.2, 0.25) is 0 Å². The molecular formula is C9H13Cl. The van der Waals surface area contributed by atoms with Crippen LogP contribution in [-0.4, -0.2) is 5.88 Å². The summed E-state index contributed by atoms with van der Waals surface area (Å²) >= 11 is 5.68. The lowest BCUT2D eigenvalue weighted by Crippen LogP contribution is -1.87. The maximum absolute atomic E-state index is 5.68. The Morgan fingerprint density at radius 2 is 2.40 bits per heavy atom. The van der Waals surface area contributed by atoms with E-state index in [0.29, 0.717) is 5.88 Å². The molecular weight excluding hydrogens is 144 g/mol. The minimum atomic E-state index is 0.656. The smallest absolute Gasteiger partial charge is 0.0470 e. The van der Waals surface area contributed by atoms with E-state index in [1.165, 1.54) is 18.4 Å². The minimum Gasteiger partial charge on any atom is -0.122 e. The number of halogens is 1. The summed E-state index contributed by atoms with van der Waals surface area (Å²) in [5.41, 5.74) is 1.27. The van der Waals surface area contributed by atoms with Crippen molar-refractivity contribution in [2.24, 2.45) is 5.92 Å². The topological polar surface area (TPSA) is 0 Å². The Balaban J connectivity index is 2.57. The van der Waals surface area contributed by atoms with Gasteiger partial charge in [0.2, 0.25) is 0 Å². The number of rotatable bonds is 1. The van der Waals surface area contributed by atoms with E-state index in [9.17, 15) is 0 Å². The summed E-state index contributed by atoms with van der Waals surface area (Å²) in [6, 6.07) is 0. The first-order chi connectivity index (χ1) is 4.83. The third kappa shape index (κ3) is 2.18. The zero-order valence-corrected chi connectivity index (χ0v) is 7.06. The Morgan fingerprint density at radius 3 is 3.10 bits per heavy atom. The summed E-state index contributed by atoms with van der Waals surface area (Å²) in [6.45, 7) is 2.26. The van der Waals surface area contributed by atoms with E-state index >= 15 is 0 Å². The minimum absolute atomic E-state index is 0.656. The van der Waals surface area contributed by atoms with Gasteiger partial charge in [0.25, 0.3) is 0 Å². The van der Waals surface area contributed by atoms with Crippen LogP contribution >= 0.6 is 11.6 Å². The molecule has 0 fully saturated rings. The van der Waals surface area contributed by atoms with Crippen molar-refractivity contribution in [1.29, 1.82) is 0 Å². The Kier molecular flexibility index (Phi) is 3.01. The van der Waals surface area contributed by atoms with Crippen molar-refractivity contribution in [3.8, 4) is 0 Å². The van der Waals surface area contributed by atoms with Crippen LogP contribution in [-0.2, 0) is 0 Å². The second-order valence-corrected chi connectivity index (χ2v) is 3.16. The molecule has 0 heterocycles. The first kappa shape index (κ1) is 7.87. The third-order valence-electron chi connectivity index (χ3n) is 1.81. The lowest BCUT2D eigenvalue weighted by atomic mass is 10.1. The molecule has 0 aromatic heterocycles. The Bertz CT molecular complexity index is 156. The quantitative estimate of drug-likeness (QED) is 0.512. The summed E-state index contributed by atoms with van der Waals surface area (Å²) in [7, 11) is 0. The predicted molar refractivity (Wildman–Crippen MR) is 46.3 cm³/mol. The van der Waals surface area contributed by atoms with Crippen LogP contribution in [0.25, 0.3) is 0 Å². The van der Waals surface area contributed by atoms with Crippen molar-refractivity contribution in [2.75, 3.05) is 5.88 Å². The largest absolute Gasteiger partial charge is 0.122 e. The van der Waals surface area contributed by atoms with Gasteiger partial charge < -0.3 is 0 Å². The maximum Gasteiger partial charge on any atom is 0.0470 e. The average molecular weight is 157 g/mol. The van der Waals surface area contributed by atoms with Crippen molar-refractivity contribution in [2.45, 2.75) is 19.8 Å². The predicted octanol–water partition coefficient (Wildman–Crippen LogP) is 3.14. The molecule has 0 N–H and O–H groups in total. The zero-order valence-electron chi connectivity index (χ0n) is 6.31. The van der Waals surface area contributed by atoms with Gasteiger partial charge in [0.1, 0.15) is 0 Å². The van der Waals surface area contributed by atoms with E-state index in [1.807, 2.05) is 0 Å². The lowest BCUT2D eigenvalue weighted by Gasteiger charge is -2.00. The Morgan fingerprint density at radius 1 is 1.60 bits per heavy atom. The van der Waals surface area contributed by atoms with Crippen molar-refractivity contribution in [3.63, 3.8) is 0 Å². The fourth-order valence-electron chi connectivity index (χ4n) is 1.07. The highest BCUT2D eigenvalue weighted by atomic mass is 35.5. The molecule has 0 bridgehead atoms. The van der Waals surface area contributed by atoms with Gasteiger partial charge in [0, 0.05) is 5.88 Å². The molecule has 1 aliphatic rings. The monoisotopic (exact) mass is 156 g/mol. The first-order valence-electron chi connectivity index (χ1n) is 3.74. The molecule has 1 atom stereocenters. The second kappa shape index (κ2) is 3.82. The molecule has 1 rings (SSSR count). The number of hydrogen-bond acceptors (Lipinski definition) is 0. The van der Waals surface area contributed by atoms with Crippen molar-refractivity contribution < 1.29 is 0 Å². The average Bonchev–Trinajstić information content (AvgIpc) is 2.14. The molecule has 0 saturated carbocycles. The van der Waals surface area contributed by atoms with Crippen LogP contribution in [0.3, 0.4) is 0 Å². The molecule has 10 heavy (non-hydrogen) atoms. The molecule has 0 aromatic rings. The van der Waals surface area contributed by atoms with Gasteiger partial charge in [-0.05, 0) is 24.3 Å². The number of hydrogen-bond donors (Lipinski definition) is 0. The van der Waals surface area contributed by atoms with Crippen LogP contribution in [0.15, 0.2) is 23.8 Å². The van der Waals surface area contributed by atoms with Crippen LogP contribution in [0.4, 0.5) is 0 Å². The highest BCUT2D eigenvalue weighted by Crippen LogP contribution is 2.16. The van der Waals surface area contributed by atoms with Crippen LogP contribution < -0.4 is 0 Å². The van der Waals surface area contributed by atoms with E-state index in [0.717, 1.165) is 5.92 Å². The van der Waals surface area contributed by atoms with E-state index in [1.54, 1.807) is 0 Å². The molecule has 0 spiro atoms. The molecule has 0 unspecified atom stereocenters. The van der Waals surface area contributed by atoms with E-state index < -0.39 is 0 Å². The van der Waals surface area contributed by atoms with Crippen molar-refractivity contribution in [3.05, 3.63) is 23.8 Å². The van der Waals surface area contributed by atoms with Gasteiger partial charge in [-0.3, -0.25) is 0 Å². The SMILES string of the molecule is C[C@@H]1CC=CC(CCl)=CC1. The summed E-state index contributed by atoms with van der Waals surface area (Å²) < 4.78 is 0. The van der Waals surface area contributed by atoms with Crippen LogP contribution in [0.1, 0.15) is 19.8 Å². The molecule has 0 saturated heterocycles. The molecule has 1 heteroatoms. The zero-order chi connectivity index (χ0) is 7.40. The highest BCUT2D eigenvalue weighted by molar-refractivity contribution is 6.19. The highest BCUT2D eigenvalue weighted by Gasteiger charge is 2.01. The fraction of sp³-hybridized carbons (Fsp3) is 0.556. The second-order valence-electron chi connectivity index (χ2n) is 2.89. The Hall–Kier alpha value is -0.230. The first-order valence-corrected chi connectivity index (χ1v) is 4.28. The van der Waals surface area contributed by atoms with Crippen LogP contribution in [0.5, 0.6) is 0 Å². The third-order valence-corrected chi connectivity index (χ3v) is 2.12. The fourth-order valence-corrected chi connectivity index (χ4v) is 1.27. The molecule has 0 aliphatic heterocycles. The van der Waals surface area contributed by atoms with Crippen molar-refractivity contribution >= 4 is 11.6 Å². The molecule has 1 aliphatic carbocycles. The van der Waals surface area contributed by atoms with Gasteiger partial charge in [-0.15, -0.1) is 11.6 Å². The summed E-state index contributed by atoms with van der Waals surface area (Å²) in [5.74, 6) is 1.44. The van der Waals surface area contributed by atoms with Gasteiger partial charge in [-0.25, -0.2) is 0 Å². The molecule has 0 aromatic carbocycles. The van der Waals surface area contributed by atoms with Gasteiger partial charge >= 0.3 is 0 Å². The van der Waals surface area contributed by atoms with Gasteiger partial charge in [-0.1, -0.05) is 25.2 Å². The van der Waals surface area contributed by atoms with Gasteiger partial charge in [0.15, 0.2) is 0 Å². The number of alkyl halides is 1. The normalized spacial score (nSPS) is 25.8. The van der Waals surface area contributed by atoms with E-state index in [4.69, 9.17) is 11.6 Å². The summed E-state index contributed by atoms with van der Waals surface area (Å²) in [4.78, 5) is 0. The van der Waals surface area contributed by atoms with Crippen LogP contribution in [0, 0.1) is 5.92 Å². The Labute approximate surface area is 67.6 Å². The molecule has 0 amide bonds.